The fourth-order valence-corrected chi connectivity index (χ4v) is 2.30. The van der Waals surface area contributed by atoms with Crippen LogP contribution in [-0.2, 0) is 0 Å². The molecule has 0 bridgehead atoms. The number of nitrogens with zero attached hydrogens (tertiary/aromatic N) is 3. The molecule has 1 N–H and O–H groups in total. The van der Waals surface area contributed by atoms with E-state index in [1.54, 1.807) is 12.1 Å². The van der Waals surface area contributed by atoms with E-state index in [4.69, 9.17) is 4.74 Å². The Morgan fingerprint density at radius 1 is 1.12 bits per heavy atom. The summed E-state index contributed by atoms with van der Waals surface area (Å²) in [5, 5.41) is 2.91. The zero-order chi connectivity index (χ0) is 18.4. The van der Waals surface area contributed by atoms with Gasteiger partial charge in [-0.15, -0.1) is 0 Å². The molecule has 134 valence electrons. The average Bonchev–Trinajstić information content (AvgIpc) is 2.58. The summed E-state index contributed by atoms with van der Waals surface area (Å²) < 4.78 is 5.62. The molecule has 2 rings (SSSR count). The highest BCUT2D eigenvalue weighted by molar-refractivity contribution is 6.04. The van der Waals surface area contributed by atoms with Crippen LogP contribution >= 0.6 is 0 Å². The molecule has 0 radical (unpaired) electrons. The summed E-state index contributed by atoms with van der Waals surface area (Å²) in [6.07, 6.45) is 2.11. The third-order valence-corrected chi connectivity index (χ3v) is 3.78. The monoisotopic (exact) mass is 342 g/mol. The minimum Gasteiger partial charge on any atom is -0.494 e. The first kappa shape index (κ1) is 18.7. The lowest BCUT2D eigenvalue weighted by Crippen LogP contribution is -2.18. The topological polar surface area (TPSA) is 67.3 Å². The van der Waals surface area contributed by atoms with Crippen LogP contribution in [-0.4, -0.2) is 36.6 Å². The average molecular weight is 342 g/mol. The summed E-state index contributed by atoms with van der Waals surface area (Å²) in [6, 6.07) is 7.15. The summed E-state index contributed by atoms with van der Waals surface area (Å²) >= 11 is 0. The zero-order valence-electron chi connectivity index (χ0n) is 15.6. The SMILES string of the molecule is CCCCOc1ccc(C(=O)Nc2c(C)nc(N(C)C)nc2C)cc1. The van der Waals surface area contributed by atoms with Gasteiger partial charge in [-0.2, -0.15) is 0 Å². The maximum Gasteiger partial charge on any atom is 0.255 e. The van der Waals surface area contributed by atoms with Gasteiger partial charge < -0.3 is 15.0 Å². The molecule has 0 spiro atoms. The molecule has 2 aromatic rings. The molecule has 1 aromatic heterocycles. The van der Waals surface area contributed by atoms with Crippen molar-refractivity contribution < 1.29 is 9.53 Å². The van der Waals surface area contributed by atoms with Gasteiger partial charge in [-0.05, 0) is 44.5 Å². The van der Waals surface area contributed by atoms with E-state index in [-0.39, 0.29) is 5.91 Å². The Morgan fingerprint density at radius 3 is 2.24 bits per heavy atom. The van der Waals surface area contributed by atoms with Crippen molar-refractivity contribution in [3.8, 4) is 5.75 Å². The fraction of sp³-hybridized carbons (Fsp3) is 0.421. The number of aromatic nitrogens is 2. The summed E-state index contributed by atoms with van der Waals surface area (Å²) in [7, 11) is 3.77. The van der Waals surface area contributed by atoms with Crippen LogP contribution in [0, 0.1) is 13.8 Å². The standard InChI is InChI=1S/C19H26N4O2/c1-6-7-12-25-16-10-8-15(9-11-16)18(24)22-17-13(2)20-19(23(4)5)21-14(17)3/h8-11H,6-7,12H2,1-5H3,(H,22,24). The third-order valence-electron chi connectivity index (χ3n) is 3.78. The van der Waals surface area contributed by atoms with Crippen molar-refractivity contribution in [3.05, 3.63) is 41.2 Å². The Bertz CT molecular complexity index is 704. The number of nitrogens with one attached hydrogen (secondary N) is 1. The maximum atomic E-state index is 12.5. The molecule has 6 heteroatoms. The van der Waals surface area contributed by atoms with Crippen LogP contribution in [0.2, 0.25) is 0 Å². The van der Waals surface area contributed by atoms with Gasteiger partial charge in [-0.3, -0.25) is 4.79 Å². The third kappa shape index (κ3) is 4.92. The van der Waals surface area contributed by atoms with Crippen LogP contribution in [0.1, 0.15) is 41.5 Å². The number of rotatable bonds is 7. The molecular weight excluding hydrogens is 316 g/mol. The van der Waals surface area contributed by atoms with E-state index in [0.717, 1.165) is 30.0 Å². The van der Waals surface area contributed by atoms with Crippen LogP contribution in [0.4, 0.5) is 11.6 Å². The molecule has 0 unspecified atom stereocenters. The van der Waals surface area contributed by atoms with Crippen molar-refractivity contribution in [1.29, 1.82) is 0 Å². The van der Waals surface area contributed by atoms with Crippen LogP contribution in [0.25, 0.3) is 0 Å². The molecule has 0 saturated carbocycles. The van der Waals surface area contributed by atoms with Crippen molar-refractivity contribution in [2.45, 2.75) is 33.6 Å². The number of carbonyl (C=O) groups excluding carboxylic acids is 1. The smallest absolute Gasteiger partial charge is 0.255 e. The normalized spacial score (nSPS) is 10.4. The molecule has 1 aromatic carbocycles. The highest BCUT2D eigenvalue weighted by Crippen LogP contribution is 2.21. The number of amides is 1. The van der Waals surface area contributed by atoms with Crippen LogP contribution < -0.4 is 15.0 Å². The van der Waals surface area contributed by atoms with E-state index in [0.29, 0.717) is 23.8 Å². The van der Waals surface area contributed by atoms with Crippen LogP contribution in [0.15, 0.2) is 24.3 Å². The molecule has 1 heterocycles. The number of hydrogen-bond donors (Lipinski definition) is 1. The van der Waals surface area contributed by atoms with Gasteiger partial charge in [0, 0.05) is 19.7 Å². The predicted octanol–water partition coefficient (Wildman–Crippen LogP) is 3.59. The van der Waals surface area contributed by atoms with Gasteiger partial charge in [-0.1, -0.05) is 13.3 Å². The quantitative estimate of drug-likeness (QED) is 0.779. The molecule has 0 atom stereocenters. The van der Waals surface area contributed by atoms with Crippen LogP contribution in [0.3, 0.4) is 0 Å². The molecule has 0 saturated heterocycles. The minimum absolute atomic E-state index is 0.187. The number of carbonyl (C=O) groups is 1. The minimum atomic E-state index is -0.187. The van der Waals surface area contributed by atoms with Gasteiger partial charge in [0.25, 0.3) is 5.91 Å². The predicted molar refractivity (Wildman–Crippen MR) is 101 cm³/mol. The summed E-state index contributed by atoms with van der Waals surface area (Å²) in [5.74, 6) is 1.21. The van der Waals surface area contributed by atoms with Crippen molar-refractivity contribution in [1.82, 2.24) is 9.97 Å². The van der Waals surface area contributed by atoms with Crippen LogP contribution in [0.5, 0.6) is 5.75 Å². The Labute approximate surface area is 149 Å². The van der Waals surface area contributed by atoms with Gasteiger partial charge in [0.05, 0.1) is 23.7 Å². The van der Waals surface area contributed by atoms with Gasteiger partial charge in [0.1, 0.15) is 5.75 Å². The Kier molecular flexibility index (Phi) is 6.33. The summed E-state index contributed by atoms with van der Waals surface area (Å²) in [4.78, 5) is 23.2. The second-order valence-electron chi connectivity index (χ2n) is 6.14. The van der Waals surface area contributed by atoms with E-state index >= 15 is 0 Å². The zero-order valence-corrected chi connectivity index (χ0v) is 15.6. The van der Waals surface area contributed by atoms with Crippen molar-refractivity contribution in [3.63, 3.8) is 0 Å². The highest BCUT2D eigenvalue weighted by atomic mass is 16.5. The lowest BCUT2D eigenvalue weighted by molar-refractivity contribution is 0.102. The van der Waals surface area contributed by atoms with Gasteiger partial charge in [0.15, 0.2) is 0 Å². The summed E-state index contributed by atoms with van der Waals surface area (Å²) in [6.45, 7) is 6.54. The molecular formula is C19H26N4O2. The van der Waals surface area contributed by atoms with E-state index in [9.17, 15) is 4.79 Å². The van der Waals surface area contributed by atoms with E-state index in [1.807, 2.05) is 45.0 Å². The first-order valence-electron chi connectivity index (χ1n) is 8.49. The van der Waals surface area contributed by atoms with E-state index in [1.165, 1.54) is 0 Å². The number of anilines is 2. The molecule has 0 aliphatic carbocycles. The molecule has 25 heavy (non-hydrogen) atoms. The largest absolute Gasteiger partial charge is 0.494 e. The number of unbranched alkanes of at least 4 members (excludes halogenated alkanes) is 1. The Hall–Kier alpha value is -2.63. The molecule has 1 amide bonds. The molecule has 0 aliphatic rings. The Balaban J connectivity index is 2.09. The molecule has 6 nitrogen and oxygen atoms in total. The Morgan fingerprint density at radius 2 is 1.72 bits per heavy atom. The van der Waals surface area contributed by atoms with Gasteiger partial charge in [0.2, 0.25) is 5.95 Å². The van der Waals surface area contributed by atoms with Crippen molar-refractivity contribution in [2.75, 3.05) is 30.9 Å². The number of hydrogen-bond acceptors (Lipinski definition) is 5. The molecule has 0 fully saturated rings. The maximum absolute atomic E-state index is 12.5. The summed E-state index contributed by atoms with van der Waals surface area (Å²) in [5.41, 5.74) is 2.70. The first-order chi connectivity index (χ1) is 11.9. The lowest BCUT2D eigenvalue weighted by Gasteiger charge is -2.15. The highest BCUT2D eigenvalue weighted by Gasteiger charge is 2.14. The fourth-order valence-electron chi connectivity index (χ4n) is 2.30. The number of ether oxygens (including phenoxy) is 1. The van der Waals surface area contributed by atoms with Crippen molar-refractivity contribution in [2.24, 2.45) is 0 Å². The lowest BCUT2D eigenvalue weighted by atomic mass is 10.2. The number of aryl methyl sites for hydroxylation is 2. The second kappa shape index (κ2) is 8.46. The molecule has 0 aliphatic heterocycles. The van der Waals surface area contributed by atoms with Gasteiger partial charge in [-0.25, -0.2) is 9.97 Å². The first-order valence-corrected chi connectivity index (χ1v) is 8.49. The number of benzene rings is 1. The van der Waals surface area contributed by atoms with E-state index in [2.05, 4.69) is 22.2 Å². The van der Waals surface area contributed by atoms with E-state index < -0.39 is 0 Å². The second-order valence-corrected chi connectivity index (χ2v) is 6.14. The van der Waals surface area contributed by atoms with Crippen molar-refractivity contribution >= 4 is 17.5 Å². The van der Waals surface area contributed by atoms with Gasteiger partial charge >= 0.3 is 0 Å².